The maximum Gasteiger partial charge on any atom is 0.325 e. The Morgan fingerprint density at radius 2 is 1.83 bits per heavy atom. The first kappa shape index (κ1) is 26.7. The molecule has 2 aromatic rings. The SMILES string of the molecule is COC(=O)CN(C)C(=O)c1cn(Cc2ccccc2OC)cc(C(=O)NCCC2=CCCCC2)c1=O. The van der Waals surface area contributed by atoms with Gasteiger partial charge in [-0.2, -0.15) is 0 Å². The first-order chi connectivity index (χ1) is 17.3. The minimum absolute atomic E-state index is 0.139. The molecule has 1 aliphatic carbocycles. The Bertz CT molecular complexity index is 1200. The third-order valence-electron chi connectivity index (χ3n) is 6.16. The van der Waals surface area contributed by atoms with Gasteiger partial charge in [0.1, 0.15) is 23.4 Å². The fraction of sp³-hybridized carbons (Fsp3) is 0.407. The lowest BCUT2D eigenvalue weighted by Gasteiger charge is -2.18. The summed E-state index contributed by atoms with van der Waals surface area (Å²) in [5.41, 5.74) is 1.07. The Morgan fingerprint density at radius 1 is 1.08 bits per heavy atom. The number of para-hydroxylation sites is 1. The zero-order valence-electron chi connectivity index (χ0n) is 21.0. The number of nitrogens with zero attached hydrogens (tertiary/aromatic N) is 2. The minimum Gasteiger partial charge on any atom is -0.496 e. The highest BCUT2D eigenvalue weighted by Gasteiger charge is 2.23. The fourth-order valence-corrected chi connectivity index (χ4v) is 4.17. The van der Waals surface area contributed by atoms with Gasteiger partial charge in [0.2, 0.25) is 5.43 Å². The molecular weight excluding hydrogens is 462 g/mol. The number of allylic oxidation sites excluding steroid dienone is 1. The first-order valence-corrected chi connectivity index (χ1v) is 12.0. The quantitative estimate of drug-likeness (QED) is 0.401. The zero-order valence-corrected chi connectivity index (χ0v) is 21.0. The zero-order chi connectivity index (χ0) is 26.1. The summed E-state index contributed by atoms with van der Waals surface area (Å²) in [6, 6.07) is 7.36. The number of nitrogens with one attached hydrogen (secondary N) is 1. The van der Waals surface area contributed by atoms with Gasteiger partial charge in [-0.15, -0.1) is 0 Å². The van der Waals surface area contributed by atoms with Crippen molar-refractivity contribution in [2.75, 3.05) is 34.4 Å². The Morgan fingerprint density at radius 3 is 2.53 bits per heavy atom. The van der Waals surface area contributed by atoms with Gasteiger partial charge in [0.05, 0.1) is 20.8 Å². The van der Waals surface area contributed by atoms with Gasteiger partial charge in [0.15, 0.2) is 0 Å². The van der Waals surface area contributed by atoms with Crippen LogP contribution in [0.2, 0.25) is 0 Å². The number of benzene rings is 1. The maximum atomic E-state index is 13.2. The van der Waals surface area contributed by atoms with E-state index in [1.54, 1.807) is 11.7 Å². The summed E-state index contributed by atoms with van der Waals surface area (Å²) in [5, 5.41) is 2.82. The van der Waals surface area contributed by atoms with Crippen molar-refractivity contribution in [3.8, 4) is 5.75 Å². The van der Waals surface area contributed by atoms with Gasteiger partial charge in [0.25, 0.3) is 11.8 Å². The van der Waals surface area contributed by atoms with Crippen molar-refractivity contribution < 1.29 is 23.9 Å². The van der Waals surface area contributed by atoms with Gasteiger partial charge in [-0.1, -0.05) is 29.8 Å². The molecule has 9 nitrogen and oxygen atoms in total. The van der Waals surface area contributed by atoms with Crippen LogP contribution in [0.15, 0.2) is 53.1 Å². The number of likely N-dealkylation sites (N-methyl/N-ethyl adjacent to an activating group) is 1. The van der Waals surface area contributed by atoms with Gasteiger partial charge in [0, 0.05) is 31.5 Å². The summed E-state index contributed by atoms with van der Waals surface area (Å²) in [6.45, 7) is 0.336. The molecule has 0 fully saturated rings. The summed E-state index contributed by atoms with van der Waals surface area (Å²) in [6.07, 6.45) is 10.2. The van der Waals surface area contributed by atoms with Gasteiger partial charge >= 0.3 is 5.97 Å². The molecule has 2 amide bonds. The van der Waals surface area contributed by atoms with Crippen LogP contribution in [0.25, 0.3) is 0 Å². The first-order valence-electron chi connectivity index (χ1n) is 12.0. The molecule has 9 heteroatoms. The van der Waals surface area contributed by atoms with E-state index in [9.17, 15) is 19.2 Å². The fourth-order valence-electron chi connectivity index (χ4n) is 4.17. The number of amides is 2. The molecule has 192 valence electrons. The molecule has 1 aromatic carbocycles. The van der Waals surface area contributed by atoms with Crippen molar-refractivity contribution in [1.82, 2.24) is 14.8 Å². The molecular formula is C27H33N3O6. The Kier molecular flexibility index (Phi) is 9.44. The number of methoxy groups -OCH3 is 2. The summed E-state index contributed by atoms with van der Waals surface area (Å²) >= 11 is 0. The lowest BCUT2D eigenvalue weighted by Crippen LogP contribution is -2.38. The third kappa shape index (κ3) is 6.84. The molecule has 0 unspecified atom stereocenters. The molecule has 0 bridgehead atoms. The smallest absolute Gasteiger partial charge is 0.325 e. The Hall–Kier alpha value is -3.88. The average Bonchev–Trinajstić information content (AvgIpc) is 2.89. The predicted octanol–water partition coefficient (Wildman–Crippen LogP) is 2.77. The molecule has 1 heterocycles. The number of esters is 1. The van der Waals surface area contributed by atoms with Gasteiger partial charge in [-0.25, -0.2) is 0 Å². The summed E-state index contributed by atoms with van der Waals surface area (Å²) < 4.78 is 11.6. The van der Waals surface area contributed by atoms with E-state index < -0.39 is 23.2 Å². The van der Waals surface area contributed by atoms with Crippen molar-refractivity contribution >= 4 is 17.8 Å². The van der Waals surface area contributed by atoms with Crippen LogP contribution in [0.1, 0.15) is 58.4 Å². The number of rotatable bonds is 10. The lowest BCUT2D eigenvalue weighted by atomic mass is 9.97. The third-order valence-corrected chi connectivity index (χ3v) is 6.16. The highest BCUT2D eigenvalue weighted by molar-refractivity contribution is 5.99. The number of aromatic nitrogens is 1. The van der Waals surface area contributed by atoms with E-state index in [-0.39, 0.29) is 24.2 Å². The number of hydrogen-bond acceptors (Lipinski definition) is 6. The Balaban J connectivity index is 1.91. The minimum atomic E-state index is -0.692. The molecule has 0 saturated heterocycles. The second-order valence-electron chi connectivity index (χ2n) is 8.75. The monoisotopic (exact) mass is 495 g/mol. The van der Waals surface area contributed by atoms with Crippen molar-refractivity contribution in [2.24, 2.45) is 0 Å². The molecule has 1 aliphatic rings. The standard InChI is InChI=1S/C27H33N3O6/c1-29(18-24(31)36-3)27(34)22-17-30(15-20-11-7-8-12-23(20)35-2)16-21(25(22)32)26(33)28-14-13-19-9-5-4-6-10-19/h7-9,11-12,16-17H,4-6,10,13-15,18H2,1-3H3,(H,28,33). The number of carbonyl (C=O) groups is 3. The normalized spacial score (nSPS) is 12.9. The molecule has 0 atom stereocenters. The predicted molar refractivity (Wildman–Crippen MR) is 135 cm³/mol. The van der Waals surface area contributed by atoms with Crippen molar-refractivity contribution in [1.29, 1.82) is 0 Å². The number of ether oxygens (including phenoxy) is 2. The molecule has 0 aliphatic heterocycles. The number of carbonyl (C=O) groups excluding carboxylic acids is 3. The Labute approximate surface area is 210 Å². The average molecular weight is 496 g/mol. The van der Waals surface area contributed by atoms with Crippen LogP contribution in [-0.4, -0.2) is 61.6 Å². The van der Waals surface area contributed by atoms with E-state index in [0.717, 1.165) is 36.1 Å². The molecule has 0 saturated carbocycles. The number of pyridine rings is 1. The van der Waals surface area contributed by atoms with Crippen LogP contribution in [0, 0.1) is 0 Å². The summed E-state index contributed by atoms with van der Waals surface area (Å²) in [7, 11) is 4.17. The molecule has 0 radical (unpaired) electrons. The van der Waals surface area contributed by atoms with Gasteiger partial charge in [-0.05, 0) is 38.2 Å². The molecule has 36 heavy (non-hydrogen) atoms. The molecule has 1 aromatic heterocycles. The summed E-state index contributed by atoms with van der Waals surface area (Å²) in [5.74, 6) is -1.21. The molecule has 3 rings (SSSR count). The van der Waals surface area contributed by atoms with Crippen LogP contribution >= 0.6 is 0 Å². The maximum absolute atomic E-state index is 13.2. The second kappa shape index (κ2) is 12.7. The highest BCUT2D eigenvalue weighted by atomic mass is 16.5. The van der Waals surface area contributed by atoms with Crippen LogP contribution in [0.5, 0.6) is 5.75 Å². The van der Waals surface area contributed by atoms with Gasteiger partial charge < -0.3 is 24.3 Å². The van der Waals surface area contributed by atoms with Gasteiger partial charge in [-0.3, -0.25) is 19.2 Å². The van der Waals surface area contributed by atoms with Crippen LogP contribution in [0.3, 0.4) is 0 Å². The van der Waals surface area contributed by atoms with Crippen LogP contribution in [-0.2, 0) is 16.1 Å². The van der Waals surface area contributed by atoms with Crippen LogP contribution in [0.4, 0.5) is 0 Å². The molecule has 1 N–H and O–H groups in total. The largest absolute Gasteiger partial charge is 0.496 e. The van der Waals surface area contributed by atoms with E-state index in [0.29, 0.717) is 12.3 Å². The lowest BCUT2D eigenvalue weighted by molar-refractivity contribution is -0.141. The number of hydrogen-bond donors (Lipinski definition) is 1. The van der Waals surface area contributed by atoms with Crippen molar-refractivity contribution in [2.45, 2.75) is 38.6 Å². The van der Waals surface area contributed by atoms with E-state index in [2.05, 4.69) is 16.1 Å². The van der Waals surface area contributed by atoms with E-state index >= 15 is 0 Å². The van der Waals surface area contributed by atoms with E-state index in [4.69, 9.17) is 4.74 Å². The van der Waals surface area contributed by atoms with Crippen molar-refractivity contribution in [3.63, 3.8) is 0 Å². The molecule has 0 spiro atoms. The second-order valence-corrected chi connectivity index (χ2v) is 8.75. The van der Waals surface area contributed by atoms with E-state index in [1.807, 2.05) is 24.3 Å². The summed E-state index contributed by atoms with van der Waals surface area (Å²) in [4.78, 5) is 52.1. The van der Waals surface area contributed by atoms with Crippen LogP contribution < -0.4 is 15.5 Å². The van der Waals surface area contributed by atoms with Crippen molar-refractivity contribution in [3.05, 3.63) is 75.2 Å². The highest BCUT2D eigenvalue weighted by Crippen LogP contribution is 2.20. The van der Waals surface area contributed by atoms with E-state index in [1.165, 1.54) is 38.5 Å². The topological polar surface area (TPSA) is 107 Å².